The van der Waals surface area contributed by atoms with Crippen LogP contribution in [0.3, 0.4) is 0 Å². The summed E-state index contributed by atoms with van der Waals surface area (Å²) >= 11 is 0. The zero-order valence-corrected chi connectivity index (χ0v) is 18.5. The molecule has 150 valence electrons. The number of ether oxygens (including phenoxy) is 1. The lowest BCUT2D eigenvalue weighted by Gasteiger charge is -2.11. The number of aliphatic imine (C=N–C) groups is 1. The minimum atomic E-state index is 0. The van der Waals surface area contributed by atoms with E-state index in [1.54, 1.807) is 6.92 Å². The van der Waals surface area contributed by atoms with Crippen LogP contribution >= 0.6 is 24.0 Å². The Hall–Kier alpha value is -2.36. The van der Waals surface area contributed by atoms with Gasteiger partial charge in [0.1, 0.15) is 12.3 Å². The Balaban J connectivity index is 0.00000280. The number of fused-ring (bicyclic) bond motifs is 1. The second kappa shape index (κ2) is 11.5. The summed E-state index contributed by atoms with van der Waals surface area (Å²) < 4.78 is 10.9. The molecule has 0 atom stereocenters. The topological polar surface area (TPSA) is 84.6 Å². The highest BCUT2D eigenvalue weighted by atomic mass is 127. The molecule has 0 aliphatic carbocycles. The Morgan fingerprint density at radius 2 is 1.96 bits per heavy atom. The standard InChI is InChI=1S/C20H25N5O2.HI/c1-3-21-20(23-14-19-24-15(2)25-27-19)22-11-6-12-26-18-10-9-16-7-4-5-8-17(16)13-18;/h4-5,7-10,13H,3,6,11-12,14H2,1-2H3,(H2,21,22,23);1H. The van der Waals surface area contributed by atoms with Gasteiger partial charge < -0.3 is 19.9 Å². The first-order valence-corrected chi connectivity index (χ1v) is 9.17. The van der Waals surface area contributed by atoms with Gasteiger partial charge in [0.25, 0.3) is 0 Å². The van der Waals surface area contributed by atoms with Crippen LogP contribution in [0.1, 0.15) is 25.1 Å². The van der Waals surface area contributed by atoms with Crippen molar-refractivity contribution in [3.05, 3.63) is 54.2 Å². The summed E-state index contributed by atoms with van der Waals surface area (Å²) in [5.41, 5.74) is 0. The molecule has 0 saturated carbocycles. The van der Waals surface area contributed by atoms with Gasteiger partial charge in [-0.15, -0.1) is 24.0 Å². The summed E-state index contributed by atoms with van der Waals surface area (Å²) in [5.74, 6) is 2.73. The minimum Gasteiger partial charge on any atom is -0.494 e. The molecule has 0 fully saturated rings. The van der Waals surface area contributed by atoms with Crippen LogP contribution in [0.2, 0.25) is 0 Å². The number of nitrogens with one attached hydrogen (secondary N) is 2. The highest BCUT2D eigenvalue weighted by Crippen LogP contribution is 2.20. The average molecular weight is 495 g/mol. The number of nitrogens with zero attached hydrogens (tertiary/aromatic N) is 3. The van der Waals surface area contributed by atoms with Crippen LogP contribution in [0, 0.1) is 6.92 Å². The first-order chi connectivity index (χ1) is 13.2. The summed E-state index contributed by atoms with van der Waals surface area (Å²) in [4.78, 5) is 8.59. The molecule has 0 spiro atoms. The fourth-order valence-corrected chi connectivity index (χ4v) is 2.62. The molecule has 8 heteroatoms. The summed E-state index contributed by atoms with van der Waals surface area (Å²) in [6, 6.07) is 14.4. The third-order valence-corrected chi connectivity index (χ3v) is 3.89. The molecule has 2 N–H and O–H groups in total. The van der Waals surface area contributed by atoms with Crippen LogP contribution < -0.4 is 15.4 Å². The molecule has 0 radical (unpaired) electrons. The molecule has 28 heavy (non-hydrogen) atoms. The Labute approximate surface area is 182 Å². The summed E-state index contributed by atoms with van der Waals surface area (Å²) in [5, 5.41) is 12.6. The Bertz CT molecular complexity index is 897. The molecule has 0 aliphatic heterocycles. The minimum absolute atomic E-state index is 0. The number of guanidine groups is 1. The van der Waals surface area contributed by atoms with Gasteiger partial charge in [0.2, 0.25) is 5.89 Å². The predicted molar refractivity (Wildman–Crippen MR) is 121 cm³/mol. The lowest BCUT2D eigenvalue weighted by atomic mass is 10.1. The van der Waals surface area contributed by atoms with E-state index >= 15 is 0 Å². The van der Waals surface area contributed by atoms with Gasteiger partial charge in [-0.25, -0.2) is 4.99 Å². The average Bonchev–Trinajstić information content (AvgIpc) is 3.11. The Morgan fingerprint density at radius 3 is 2.71 bits per heavy atom. The normalized spacial score (nSPS) is 11.1. The van der Waals surface area contributed by atoms with Crippen molar-refractivity contribution < 1.29 is 9.26 Å². The molecule has 1 heterocycles. The molecule has 0 bridgehead atoms. The van der Waals surface area contributed by atoms with Gasteiger partial charge in [-0.05, 0) is 43.2 Å². The lowest BCUT2D eigenvalue weighted by molar-refractivity contribution is 0.311. The van der Waals surface area contributed by atoms with E-state index < -0.39 is 0 Å². The van der Waals surface area contributed by atoms with Crippen molar-refractivity contribution in [2.75, 3.05) is 19.7 Å². The highest BCUT2D eigenvalue weighted by Gasteiger charge is 2.03. The van der Waals surface area contributed by atoms with Gasteiger partial charge in [-0.3, -0.25) is 0 Å². The third kappa shape index (κ3) is 6.66. The molecule has 0 amide bonds. The molecule has 0 saturated heterocycles. The van der Waals surface area contributed by atoms with Crippen LogP contribution in [0.25, 0.3) is 10.8 Å². The van der Waals surface area contributed by atoms with E-state index in [1.807, 2.05) is 25.1 Å². The van der Waals surface area contributed by atoms with Crippen molar-refractivity contribution in [2.45, 2.75) is 26.8 Å². The maximum absolute atomic E-state index is 5.85. The third-order valence-electron chi connectivity index (χ3n) is 3.89. The van der Waals surface area contributed by atoms with E-state index in [4.69, 9.17) is 9.26 Å². The quantitative estimate of drug-likeness (QED) is 0.215. The lowest BCUT2D eigenvalue weighted by Crippen LogP contribution is -2.38. The van der Waals surface area contributed by atoms with Crippen molar-refractivity contribution >= 4 is 40.7 Å². The molecule has 7 nitrogen and oxygen atoms in total. The van der Waals surface area contributed by atoms with E-state index in [-0.39, 0.29) is 24.0 Å². The van der Waals surface area contributed by atoms with E-state index in [0.29, 0.717) is 24.9 Å². The number of hydrogen-bond acceptors (Lipinski definition) is 5. The van der Waals surface area contributed by atoms with Gasteiger partial charge in [-0.1, -0.05) is 35.5 Å². The second-order valence-corrected chi connectivity index (χ2v) is 6.07. The fourth-order valence-electron chi connectivity index (χ4n) is 2.62. The number of hydrogen-bond donors (Lipinski definition) is 2. The van der Waals surface area contributed by atoms with Gasteiger partial charge in [0, 0.05) is 13.1 Å². The smallest absolute Gasteiger partial charge is 0.248 e. The Morgan fingerprint density at radius 1 is 1.14 bits per heavy atom. The van der Waals surface area contributed by atoms with E-state index in [0.717, 1.165) is 31.2 Å². The summed E-state index contributed by atoms with van der Waals surface area (Å²) in [6.45, 7) is 6.33. The largest absolute Gasteiger partial charge is 0.494 e. The van der Waals surface area contributed by atoms with Gasteiger partial charge in [0.05, 0.1) is 6.61 Å². The molecule has 3 aromatic rings. The molecule has 0 aliphatic rings. The Kier molecular flexibility index (Phi) is 8.99. The first kappa shape index (κ1) is 21.9. The zero-order valence-electron chi connectivity index (χ0n) is 16.1. The monoisotopic (exact) mass is 495 g/mol. The molecular formula is C20H26IN5O2. The van der Waals surface area contributed by atoms with Crippen LogP contribution in [0.4, 0.5) is 0 Å². The first-order valence-electron chi connectivity index (χ1n) is 9.17. The van der Waals surface area contributed by atoms with Crippen LogP contribution in [-0.4, -0.2) is 35.8 Å². The van der Waals surface area contributed by atoms with Crippen molar-refractivity contribution in [2.24, 2.45) is 4.99 Å². The summed E-state index contributed by atoms with van der Waals surface area (Å²) in [6.07, 6.45) is 0.858. The van der Waals surface area contributed by atoms with Crippen LogP contribution in [-0.2, 0) is 6.54 Å². The van der Waals surface area contributed by atoms with Gasteiger partial charge in [-0.2, -0.15) is 4.98 Å². The van der Waals surface area contributed by atoms with Crippen LogP contribution in [0.15, 0.2) is 52.0 Å². The highest BCUT2D eigenvalue weighted by molar-refractivity contribution is 14.0. The van der Waals surface area contributed by atoms with Gasteiger partial charge >= 0.3 is 0 Å². The maximum atomic E-state index is 5.85. The van der Waals surface area contributed by atoms with Crippen molar-refractivity contribution in [3.8, 4) is 5.75 Å². The van der Waals surface area contributed by atoms with Crippen molar-refractivity contribution in [1.82, 2.24) is 20.8 Å². The van der Waals surface area contributed by atoms with E-state index in [9.17, 15) is 0 Å². The number of rotatable bonds is 8. The van der Waals surface area contributed by atoms with Crippen molar-refractivity contribution in [3.63, 3.8) is 0 Å². The molecule has 2 aromatic carbocycles. The van der Waals surface area contributed by atoms with Gasteiger partial charge in [0.15, 0.2) is 11.8 Å². The van der Waals surface area contributed by atoms with E-state index in [1.165, 1.54) is 10.8 Å². The SMILES string of the molecule is CCNC(=NCc1nc(C)no1)NCCCOc1ccc2ccccc2c1.I. The predicted octanol–water partition coefficient (Wildman–Crippen LogP) is 3.67. The maximum Gasteiger partial charge on any atom is 0.248 e. The second-order valence-electron chi connectivity index (χ2n) is 6.07. The molecule has 0 unspecified atom stereocenters. The number of aryl methyl sites for hydroxylation is 1. The van der Waals surface area contributed by atoms with Crippen LogP contribution in [0.5, 0.6) is 5.75 Å². The zero-order chi connectivity index (χ0) is 18.9. The molecular weight excluding hydrogens is 469 g/mol. The number of halogens is 1. The number of benzene rings is 2. The van der Waals surface area contributed by atoms with Crippen molar-refractivity contribution in [1.29, 1.82) is 0 Å². The fraction of sp³-hybridized carbons (Fsp3) is 0.350. The number of aromatic nitrogens is 2. The molecule has 3 rings (SSSR count). The molecule has 1 aromatic heterocycles. The van der Waals surface area contributed by atoms with E-state index in [2.05, 4.69) is 50.0 Å². The summed E-state index contributed by atoms with van der Waals surface area (Å²) in [7, 11) is 0.